The molecule has 0 aliphatic rings. The van der Waals surface area contributed by atoms with Gasteiger partial charge in [-0.3, -0.25) is 4.90 Å². The molecule has 0 saturated heterocycles. The summed E-state index contributed by atoms with van der Waals surface area (Å²) in [5.74, 6) is 1.98. The Morgan fingerprint density at radius 3 is 2.58 bits per heavy atom. The molecule has 19 heavy (non-hydrogen) atoms. The molecule has 0 radical (unpaired) electrons. The minimum Gasteiger partial charge on any atom is -0.492 e. The van der Waals surface area contributed by atoms with Gasteiger partial charge in [0.05, 0.1) is 11.6 Å². The van der Waals surface area contributed by atoms with Crippen LogP contribution in [0.15, 0.2) is 24.3 Å². The van der Waals surface area contributed by atoms with Gasteiger partial charge in [0.25, 0.3) is 0 Å². The molecule has 0 aliphatic heterocycles. The average Bonchev–Trinajstić information content (AvgIpc) is 2.45. The summed E-state index contributed by atoms with van der Waals surface area (Å²) in [5.41, 5.74) is 0.662. The molecule has 0 aromatic heterocycles. The lowest BCUT2D eigenvalue weighted by atomic mass is 10.2. The zero-order chi connectivity index (χ0) is 14.1. The van der Waals surface area contributed by atoms with Gasteiger partial charge in [0.2, 0.25) is 0 Å². The van der Waals surface area contributed by atoms with Crippen molar-refractivity contribution < 1.29 is 4.74 Å². The first-order valence-corrected chi connectivity index (χ1v) is 7.92. The molecule has 0 N–H and O–H groups in total. The lowest BCUT2D eigenvalue weighted by Crippen LogP contribution is -2.36. The number of nitrogens with zero attached hydrogens (tertiary/aromatic N) is 2. The van der Waals surface area contributed by atoms with E-state index in [9.17, 15) is 0 Å². The van der Waals surface area contributed by atoms with Crippen LogP contribution < -0.4 is 4.74 Å². The third-order valence-corrected chi connectivity index (χ3v) is 3.87. The minimum atomic E-state index is 0.611. The molecular weight excluding hydrogens is 256 g/mol. The highest BCUT2D eigenvalue weighted by atomic mass is 32.2. The van der Waals surface area contributed by atoms with Crippen molar-refractivity contribution in [3.63, 3.8) is 0 Å². The first-order valence-electron chi connectivity index (χ1n) is 6.53. The van der Waals surface area contributed by atoms with Crippen LogP contribution in [0.25, 0.3) is 0 Å². The van der Waals surface area contributed by atoms with Crippen LogP contribution in [0.5, 0.6) is 5.75 Å². The summed E-state index contributed by atoms with van der Waals surface area (Å²) in [6, 6.07) is 9.96. The van der Waals surface area contributed by atoms with Crippen molar-refractivity contribution in [2.24, 2.45) is 0 Å². The van der Waals surface area contributed by atoms with Crippen LogP contribution in [0.4, 0.5) is 0 Å². The zero-order valence-electron chi connectivity index (χ0n) is 11.9. The Balaban J connectivity index is 2.34. The van der Waals surface area contributed by atoms with E-state index in [1.54, 1.807) is 12.1 Å². The highest BCUT2D eigenvalue weighted by molar-refractivity contribution is 7.98. The molecule has 1 unspecified atom stereocenters. The first-order chi connectivity index (χ1) is 9.21. The van der Waals surface area contributed by atoms with Gasteiger partial charge in [0.1, 0.15) is 12.4 Å². The van der Waals surface area contributed by atoms with Crippen LogP contribution in [0.2, 0.25) is 0 Å². The fourth-order valence-corrected chi connectivity index (χ4v) is 2.74. The van der Waals surface area contributed by atoms with Crippen LogP contribution in [0.3, 0.4) is 0 Å². The first kappa shape index (κ1) is 15.9. The van der Waals surface area contributed by atoms with E-state index >= 15 is 0 Å². The Labute approximate surface area is 120 Å². The third kappa shape index (κ3) is 5.54. The average molecular weight is 278 g/mol. The number of benzene rings is 1. The van der Waals surface area contributed by atoms with Crippen molar-refractivity contribution in [3.8, 4) is 11.8 Å². The predicted molar refractivity (Wildman–Crippen MR) is 81.7 cm³/mol. The van der Waals surface area contributed by atoms with Gasteiger partial charge in [-0.25, -0.2) is 0 Å². The van der Waals surface area contributed by atoms with Crippen LogP contribution in [0, 0.1) is 11.3 Å². The summed E-state index contributed by atoms with van der Waals surface area (Å²) in [5, 5.41) is 8.72. The number of hydrogen-bond donors (Lipinski definition) is 0. The Kier molecular flexibility index (Phi) is 7.39. The SMILES string of the molecule is CCC(CSC)N(C)CCOc1ccc(C#N)cc1. The van der Waals surface area contributed by atoms with Gasteiger partial charge in [0.15, 0.2) is 0 Å². The second kappa shape index (κ2) is 8.84. The molecule has 1 aromatic rings. The van der Waals surface area contributed by atoms with Crippen molar-refractivity contribution in [2.45, 2.75) is 19.4 Å². The van der Waals surface area contributed by atoms with Crippen molar-refractivity contribution in [2.75, 3.05) is 32.2 Å². The van der Waals surface area contributed by atoms with Crippen LogP contribution in [-0.4, -0.2) is 43.1 Å². The maximum Gasteiger partial charge on any atom is 0.119 e. The van der Waals surface area contributed by atoms with E-state index in [4.69, 9.17) is 10.00 Å². The monoisotopic (exact) mass is 278 g/mol. The number of nitriles is 1. The second-order valence-corrected chi connectivity index (χ2v) is 5.39. The Hall–Kier alpha value is -1.18. The van der Waals surface area contributed by atoms with Crippen LogP contribution in [-0.2, 0) is 0 Å². The van der Waals surface area contributed by atoms with Gasteiger partial charge in [0, 0.05) is 18.3 Å². The van der Waals surface area contributed by atoms with Gasteiger partial charge in [-0.05, 0) is 44.0 Å². The Bertz CT molecular complexity index is 400. The largest absolute Gasteiger partial charge is 0.492 e. The summed E-state index contributed by atoms with van der Waals surface area (Å²) in [4.78, 5) is 2.35. The normalized spacial score (nSPS) is 12.2. The molecule has 3 nitrogen and oxygen atoms in total. The maximum absolute atomic E-state index is 8.72. The molecule has 0 fully saturated rings. The molecule has 1 atom stereocenters. The van der Waals surface area contributed by atoms with E-state index in [0.717, 1.165) is 24.5 Å². The van der Waals surface area contributed by atoms with Gasteiger partial charge < -0.3 is 4.74 Å². The lowest BCUT2D eigenvalue weighted by molar-refractivity contribution is 0.199. The van der Waals surface area contributed by atoms with E-state index in [1.807, 2.05) is 23.9 Å². The second-order valence-electron chi connectivity index (χ2n) is 4.48. The van der Waals surface area contributed by atoms with Gasteiger partial charge >= 0.3 is 0 Å². The summed E-state index contributed by atoms with van der Waals surface area (Å²) in [6.07, 6.45) is 3.30. The predicted octanol–water partition coefficient (Wildman–Crippen LogP) is 3.01. The van der Waals surface area contributed by atoms with E-state index in [2.05, 4.69) is 31.2 Å². The summed E-state index contributed by atoms with van der Waals surface area (Å²) < 4.78 is 5.69. The number of rotatable bonds is 8. The van der Waals surface area contributed by atoms with E-state index in [-0.39, 0.29) is 0 Å². The van der Waals surface area contributed by atoms with Gasteiger partial charge in [-0.2, -0.15) is 17.0 Å². The topological polar surface area (TPSA) is 36.3 Å². The smallest absolute Gasteiger partial charge is 0.119 e. The Morgan fingerprint density at radius 1 is 1.37 bits per heavy atom. The Morgan fingerprint density at radius 2 is 2.05 bits per heavy atom. The lowest BCUT2D eigenvalue weighted by Gasteiger charge is -2.26. The van der Waals surface area contributed by atoms with Crippen LogP contribution in [0.1, 0.15) is 18.9 Å². The molecule has 4 heteroatoms. The third-order valence-electron chi connectivity index (χ3n) is 3.15. The molecule has 0 amide bonds. The molecule has 0 spiro atoms. The highest BCUT2D eigenvalue weighted by Crippen LogP contribution is 2.12. The number of thioether (sulfide) groups is 1. The van der Waals surface area contributed by atoms with Crippen molar-refractivity contribution in [1.82, 2.24) is 4.90 Å². The van der Waals surface area contributed by atoms with Crippen LogP contribution >= 0.6 is 11.8 Å². The minimum absolute atomic E-state index is 0.611. The molecule has 1 aromatic carbocycles. The fraction of sp³-hybridized carbons (Fsp3) is 0.533. The molecular formula is C15H22N2OS. The van der Waals surface area contributed by atoms with Gasteiger partial charge in [-0.1, -0.05) is 6.92 Å². The molecule has 0 saturated carbocycles. The van der Waals surface area contributed by atoms with Crippen molar-refractivity contribution >= 4 is 11.8 Å². The molecule has 104 valence electrons. The quantitative estimate of drug-likeness (QED) is 0.732. The standard InChI is InChI=1S/C15H22N2OS/c1-4-14(12-19-3)17(2)9-10-18-15-7-5-13(11-16)6-8-15/h5-8,14H,4,9-10,12H2,1-3H3. The van der Waals surface area contributed by atoms with Crippen molar-refractivity contribution in [3.05, 3.63) is 29.8 Å². The number of hydrogen-bond acceptors (Lipinski definition) is 4. The summed E-state index contributed by atoms with van der Waals surface area (Å²) in [6.45, 7) is 3.81. The molecule has 0 heterocycles. The van der Waals surface area contributed by atoms with E-state index < -0.39 is 0 Å². The molecule has 1 rings (SSSR count). The zero-order valence-corrected chi connectivity index (χ0v) is 12.7. The van der Waals surface area contributed by atoms with Gasteiger partial charge in [-0.15, -0.1) is 0 Å². The fourth-order valence-electron chi connectivity index (χ4n) is 1.86. The maximum atomic E-state index is 8.72. The number of ether oxygens (including phenoxy) is 1. The number of likely N-dealkylation sites (N-methyl/N-ethyl adjacent to an activating group) is 1. The molecule has 0 aliphatic carbocycles. The van der Waals surface area contributed by atoms with Crippen molar-refractivity contribution in [1.29, 1.82) is 5.26 Å². The summed E-state index contributed by atoms with van der Waals surface area (Å²) in [7, 11) is 2.15. The molecule has 0 bridgehead atoms. The summed E-state index contributed by atoms with van der Waals surface area (Å²) >= 11 is 1.88. The van der Waals surface area contributed by atoms with E-state index in [0.29, 0.717) is 18.2 Å². The van der Waals surface area contributed by atoms with E-state index in [1.165, 1.54) is 0 Å². The highest BCUT2D eigenvalue weighted by Gasteiger charge is 2.11.